The molecule has 2 aromatic carbocycles. The second-order valence-corrected chi connectivity index (χ2v) is 6.96. The number of aromatic nitrogens is 4. The molecule has 9 heteroatoms. The highest BCUT2D eigenvalue weighted by Crippen LogP contribution is 2.19. The van der Waals surface area contributed by atoms with Gasteiger partial charge in [0.1, 0.15) is 17.3 Å². The number of nitrogens with one attached hydrogen (secondary N) is 2. The van der Waals surface area contributed by atoms with Crippen molar-refractivity contribution in [1.82, 2.24) is 25.1 Å². The fraction of sp³-hybridized carbons (Fsp3) is 0.130. The zero-order valence-electron chi connectivity index (χ0n) is 17.2. The SMILES string of the molecule is COc1ccc(-c2cc(=O)n(CCNC(=O)c3cc(-c4ccc(F)cc4)n[nH]3)cn2)cc1. The third-order valence-electron chi connectivity index (χ3n) is 4.87. The van der Waals surface area contributed by atoms with Gasteiger partial charge in [0.2, 0.25) is 0 Å². The van der Waals surface area contributed by atoms with E-state index in [4.69, 9.17) is 4.74 Å². The molecule has 0 aliphatic carbocycles. The number of carbonyl (C=O) groups excluding carboxylic acids is 1. The first kappa shape index (κ1) is 21.0. The fourth-order valence-corrected chi connectivity index (χ4v) is 3.11. The molecule has 8 nitrogen and oxygen atoms in total. The molecule has 32 heavy (non-hydrogen) atoms. The number of hydrogen-bond acceptors (Lipinski definition) is 5. The summed E-state index contributed by atoms with van der Waals surface area (Å²) in [5.74, 6) is 0.0191. The van der Waals surface area contributed by atoms with Gasteiger partial charge < -0.3 is 10.1 Å². The van der Waals surface area contributed by atoms with E-state index in [-0.39, 0.29) is 36.1 Å². The van der Waals surface area contributed by atoms with Gasteiger partial charge in [-0.05, 0) is 54.6 Å². The summed E-state index contributed by atoms with van der Waals surface area (Å²) in [5.41, 5.74) is 2.63. The quantitative estimate of drug-likeness (QED) is 0.467. The van der Waals surface area contributed by atoms with Crippen LogP contribution in [0.15, 0.2) is 71.8 Å². The maximum Gasteiger partial charge on any atom is 0.269 e. The van der Waals surface area contributed by atoms with Crippen LogP contribution in [0.4, 0.5) is 4.39 Å². The number of aromatic amines is 1. The highest BCUT2D eigenvalue weighted by molar-refractivity contribution is 5.93. The summed E-state index contributed by atoms with van der Waals surface area (Å²) >= 11 is 0. The van der Waals surface area contributed by atoms with E-state index in [1.165, 1.54) is 29.1 Å². The van der Waals surface area contributed by atoms with Crippen molar-refractivity contribution >= 4 is 5.91 Å². The van der Waals surface area contributed by atoms with E-state index in [1.54, 1.807) is 37.4 Å². The van der Waals surface area contributed by atoms with Crippen molar-refractivity contribution in [3.63, 3.8) is 0 Å². The van der Waals surface area contributed by atoms with Crippen LogP contribution in [0.3, 0.4) is 0 Å². The Morgan fingerprint density at radius 1 is 1.06 bits per heavy atom. The van der Waals surface area contributed by atoms with Gasteiger partial charge in [-0.1, -0.05) is 0 Å². The number of methoxy groups -OCH3 is 1. The smallest absolute Gasteiger partial charge is 0.269 e. The molecule has 2 heterocycles. The summed E-state index contributed by atoms with van der Waals surface area (Å²) < 4.78 is 19.6. The van der Waals surface area contributed by atoms with Gasteiger partial charge >= 0.3 is 0 Å². The molecule has 0 fully saturated rings. The Labute approximate surface area is 182 Å². The van der Waals surface area contributed by atoms with Crippen LogP contribution in [-0.2, 0) is 6.54 Å². The Kier molecular flexibility index (Phi) is 6.07. The predicted molar refractivity (Wildman–Crippen MR) is 117 cm³/mol. The minimum Gasteiger partial charge on any atom is -0.497 e. The number of nitrogens with zero attached hydrogens (tertiary/aromatic N) is 3. The lowest BCUT2D eigenvalue weighted by atomic mass is 10.1. The molecule has 0 aliphatic heterocycles. The standard InChI is InChI=1S/C23H20FN5O3/c1-32-18-8-4-15(5-9-18)19-13-22(30)29(14-26-19)11-10-25-23(31)21-12-20(27-28-21)16-2-6-17(24)7-3-16/h2-9,12-14H,10-11H2,1H3,(H,25,31)(H,27,28). The minimum absolute atomic E-state index is 0.222. The summed E-state index contributed by atoms with van der Waals surface area (Å²) in [7, 11) is 1.59. The van der Waals surface area contributed by atoms with Crippen LogP contribution in [0, 0.1) is 5.82 Å². The van der Waals surface area contributed by atoms with Crippen LogP contribution in [0.2, 0.25) is 0 Å². The van der Waals surface area contributed by atoms with Crippen LogP contribution in [0.25, 0.3) is 22.5 Å². The van der Waals surface area contributed by atoms with Crippen molar-refractivity contribution in [3.8, 4) is 28.3 Å². The van der Waals surface area contributed by atoms with E-state index in [0.29, 0.717) is 17.0 Å². The highest BCUT2D eigenvalue weighted by atomic mass is 19.1. The molecule has 162 valence electrons. The molecule has 1 amide bonds. The van der Waals surface area contributed by atoms with Crippen LogP contribution < -0.4 is 15.6 Å². The molecule has 0 spiro atoms. The maximum atomic E-state index is 13.1. The van der Waals surface area contributed by atoms with Gasteiger partial charge in [0.25, 0.3) is 11.5 Å². The molecule has 0 unspecified atom stereocenters. The van der Waals surface area contributed by atoms with E-state index < -0.39 is 0 Å². The van der Waals surface area contributed by atoms with Crippen molar-refractivity contribution in [2.24, 2.45) is 0 Å². The summed E-state index contributed by atoms with van der Waals surface area (Å²) in [4.78, 5) is 29.1. The monoisotopic (exact) mass is 433 g/mol. The largest absolute Gasteiger partial charge is 0.497 e. The van der Waals surface area contributed by atoms with Gasteiger partial charge in [-0.2, -0.15) is 5.10 Å². The van der Waals surface area contributed by atoms with Gasteiger partial charge in [0, 0.05) is 30.3 Å². The van der Waals surface area contributed by atoms with Gasteiger partial charge in [0.15, 0.2) is 0 Å². The molecular formula is C23H20FN5O3. The topological polar surface area (TPSA) is 102 Å². The molecular weight excluding hydrogens is 413 g/mol. The Hall–Kier alpha value is -4.27. The molecule has 0 bridgehead atoms. The minimum atomic E-state index is -0.360. The van der Waals surface area contributed by atoms with Crippen molar-refractivity contribution in [2.45, 2.75) is 6.54 Å². The zero-order chi connectivity index (χ0) is 22.5. The second-order valence-electron chi connectivity index (χ2n) is 6.96. The summed E-state index contributed by atoms with van der Waals surface area (Å²) in [6, 6.07) is 16.1. The predicted octanol–water partition coefficient (Wildman–Crippen LogP) is 2.88. The number of amides is 1. The third-order valence-corrected chi connectivity index (χ3v) is 4.87. The second kappa shape index (κ2) is 9.25. The summed E-state index contributed by atoms with van der Waals surface area (Å²) in [6.07, 6.45) is 1.46. The fourth-order valence-electron chi connectivity index (χ4n) is 3.11. The van der Waals surface area contributed by atoms with E-state index in [9.17, 15) is 14.0 Å². The lowest BCUT2D eigenvalue weighted by Gasteiger charge is -2.08. The number of H-pyrrole nitrogens is 1. The number of benzene rings is 2. The average Bonchev–Trinajstić information content (AvgIpc) is 3.31. The normalized spacial score (nSPS) is 10.7. The zero-order valence-corrected chi connectivity index (χ0v) is 17.2. The van der Waals surface area contributed by atoms with Gasteiger partial charge in [-0.15, -0.1) is 0 Å². The Morgan fingerprint density at radius 2 is 1.75 bits per heavy atom. The molecule has 4 aromatic rings. The van der Waals surface area contributed by atoms with E-state index in [1.807, 2.05) is 12.1 Å². The van der Waals surface area contributed by atoms with Crippen LogP contribution in [-0.4, -0.2) is 39.3 Å². The molecule has 4 rings (SSSR count). The Balaban J connectivity index is 1.35. The first-order valence-corrected chi connectivity index (χ1v) is 9.84. The Bertz CT molecular complexity index is 1280. The highest BCUT2D eigenvalue weighted by Gasteiger charge is 2.11. The molecule has 0 radical (unpaired) electrons. The van der Waals surface area contributed by atoms with Crippen molar-refractivity contribution in [3.05, 3.63) is 88.9 Å². The van der Waals surface area contributed by atoms with Crippen molar-refractivity contribution in [1.29, 1.82) is 0 Å². The number of carbonyl (C=O) groups is 1. The molecule has 2 N–H and O–H groups in total. The number of ether oxygens (including phenoxy) is 1. The molecule has 0 saturated heterocycles. The summed E-state index contributed by atoms with van der Waals surface area (Å²) in [6.45, 7) is 0.493. The summed E-state index contributed by atoms with van der Waals surface area (Å²) in [5, 5.41) is 9.49. The van der Waals surface area contributed by atoms with Crippen LogP contribution in [0.1, 0.15) is 10.5 Å². The first-order valence-electron chi connectivity index (χ1n) is 9.84. The molecule has 2 aromatic heterocycles. The van der Waals surface area contributed by atoms with E-state index in [0.717, 1.165) is 11.3 Å². The van der Waals surface area contributed by atoms with E-state index >= 15 is 0 Å². The molecule has 0 atom stereocenters. The van der Waals surface area contributed by atoms with Crippen LogP contribution >= 0.6 is 0 Å². The lowest BCUT2D eigenvalue weighted by molar-refractivity contribution is 0.0947. The average molecular weight is 433 g/mol. The van der Waals surface area contributed by atoms with E-state index in [2.05, 4.69) is 20.5 Å². The van der Waals surface area contributed by atoms with Gasteiger partial charge in [-0.3, -0.25) is 19.3 Å². The molecule has 0 aliphatic rings. The third kappa shape index (κ3) is 4.72. The van der Waals surface area contributed by atoms with Gasteiger partial charge in [0.05, 0.1) is 24.8 Å². The van der Waals surface area contributed by atoms with Crippen molar-refractivity contribution in [2.75, 3.05) is 13.7 Å². The van der Waals surface area contributed by atoms with Gasteiger partial charge in [-0.25, -0.2) is 9.37 Å². The number of rotatable bonds is 7. The van der Waals surface area contributed by atoms with Crippen molar-refractivity contribution < 1.29 is 13.9 Å². The first-order chi connectivity index (χ1) is 15.5. The van der Waals surface area contributed by atoms with Crippen LogP contribution in [0.5, 0.6) is 5.75 Å². The number of hydrogen-bond donors (Lipinski definition) is 2. The Morgan fingerprint density at radius 3 is 2.44 bits per heavy atom. The number of halogens is 1. The maximum absolute atomic E-state index is 13.1. The lowest BCUT2D eigenvalue weighted by Crippen LogP contribution is -2.31. The molecule has 0 saturated carbocycles.